The van der Waals surface area contributed by atoms with Crippen LogP contribution in [-0.2, 0) is 17.8 Å². The fourth-order valence-electron chi connectivity index (χ4n) is 3.75. The lowest BCUT2D eigenvalue weighted by atomic mass is 9.89. The van der Waals surface area contributed by atoms with Gasteiger partial charge in [-0.25, -0.2) is 4.98 Å². The molecule has 2 aromatic rings. The van der Waals surface area contributed by atoms with Gasteiger partial charge in [-0.2, -0.15) is 0 Å². The summed E-state index contributed by atoms with van der Waals surface area (Å²) in [6.45, 7) is 1.19. The fourth-order valence-corrected chi connectivity index (χ4v) is 3.75. The molecule has 0 saturated heterocycles. The van der Waals surface area contributed by atoms with Crippen molar-refractivity contribution in [1.82, 2.24) is 9.55 Å². The summed E-state index contributed by atoms with van der Waals surface area (Å²) in [6, 6.07) is 5.91. The van der Waals surface area contributed by atoms with Crippen molar-refractivity contribution in [3.8, 4) is 11.5 Å². The Bertz CT molecular complexity index is 812. The molecule has 1 amide bonds. The van der Waals surface area contributed by atoms with Gasteiger partial charge in [0.15, 0.2) is 11.5 Å². The molecule has 1 unspecified atom stereocenters. The Morgan fingerprint density at radius 3 is 3.09 bits per heavy atom. The van der Waals surface area contributed by atoms with Crippen LogP contribution in [0.3, 0.4) is 0 Å². The second kappa shape index (κ2) is 4.75. The minimum Gasteiger partial charge on any atom is -0.454 e. The highest BCUT2D eigenvalue weighted by molar-refractivity contribution is 5.94. The summed E-state index contributed by atoms with van der Waals surface area (Å²) < 4.78 is 13.0. The van der Waals surface area contributed by atoms with Crippen LogP contribution in [-0.4, -0.2) is 22.3 Å². The molecule has 0 radical (unpaired) electrons. The zero-order valence-corrected chi connectivity index (χ0v) is 12.7. The van der Waals surface area contributed by atoms with Crippen LogP contribution < -0.4 is 14.8 Å². The minimum atomic E-state index is -0.0219. The largest absolute Gasteiger partial charge is 0.454 e. The quantitative estimate of drug-likeness (QED) is 0.878. The van der Waals surface area contributed by atoms with Crippen molar-refractivity contribution in [2.24, 2.45) is 0 Å². The Balaban J connectivity index is 1.62. The molecule has 0 spiro atoms. The van der Waals surface area contributed by atoms with Gasteiger partial charge in [0.25, 0.3) is 0 Å². The van der Waals surface area contributed by atoms with E-state index in [-0.39, 0.29) is 18.6 Å². The summed E-state index contributed by atoms with van der Waals surface area (Å²) >= 11 is 0. The predicted octanol–water partition coefficient (Wildman–Crippen LogP) is 2.42. The number of carbonyl (C=O) groups excluding carboxylic acids is 1. The Morgan fingerprint density at radius 1 is 1.22 bits per heavy atom. The second-order valence-electron chi connectivity index (χ2n) is 6.29. The first kappa shape index (κ1) is 13.0. The van der Waals surface area contributed by atoms with E-state index in [2.05, 4.69) is 9.88 Å². The first-order chi connectivity index (χ1) is 11.3. The van der Waals surface area contributed by atoms with E-state index in [0.29, 0.717) is 6.42 Å². The summed E-state index contributed by atoms with van der Waals surface area (Å²) in [6.07, 6.45) is 3.71. The fraction of sp³-hybridized carbons (Fsp3) is 0.412. The number of nitrogens with one attached hydrogen (secondary N) is 1. The molecule has 3 aliphatic rings. The number of aryl methyl sites for hydroxylation is 1. The smallest absolute Gasteiger partial charge is 0.231 e. The maximum atomic E-state index is 12.2. The van der Waals surface area contributed by atoms with E-state index in [1.165, 1.54) is 6.42 Å². The highest BCUT2D eigenvalue weighted by Gasteiger charge is 2.33. The highest BCUT2D eigenvalue weighted by atomic mass is 16.7. The Labute approximate surface area is 133 Å². The molecule has 1 aromatic carbocycles. The minimum absolute atomic E-state index is 0.0219. The molecule has 0 bridgehead atoms. The molecule has 0 saturated carbocycles. The summed E-state index contributed by atoms with van der Waals surface area (Å²) in [7, 11) is 0. The van der Waals surface area contributed by atoms with Crippen molar-refractivity contribution in [3.05, 3.63) is 35.3 Å². The molecular weight excluding hydrogens is 294 g/mol. The Kier molecular flexibility index (Phi) is 2.68. The second-order valence-corrected chi connectivity index (χ2v) is 6.29. The normalized spacial score (nSPS) is 21.6. The first-order valence-corrected chi connectivity index (χ1v) is 8.08. The number of hydrogen-bond acceptors (Lipinski definition) is 4. The summed E-state index contributed by atoms with van der Waals surface area (Å²) in [5.74, 6) is 3.52. The van der Waals surface area contributed by atoms with Crippen molar-refractivity contribution >= 4 is 11.7 Å². The molecule has 1 atom stereocenters. The van der Waals surface area contributed by atoms with Crippen LogP contribution >= 0.6 is 0 Å². The van der Waals surface area contributed by atoms with Crippen LogP contribution in [0.2, 0.25) is 0 Å². The molecule has 6 heteroatoms. The molecule has 0 fully saturated rings. The molecular formula is C17H17N3O3. The van der Waals surface area contributed by atoms with Gasteiger partial charge in [0.2, 0.25) is 12.7 Å². The van der Waals surface area contributed by atoms with Gasteiger partial charge in [0.05, 0.1) is 5.69 Å². The lowest BCUT2D eigenvalue weighted by Crippen LogP contribution is -2.25. The number of carbonyl (C=O) groups is 1. The maximum Gasteiger partial charge on any atom is 0.231 e. The van der Waals surface area contributed by atoms with Crippen molar-refractivity contribution in [1.29, 1.82) is 0 Å². The molecule has 4 heterocycles. The van der Waals surface area contributed by atoms with E-state index < -0.39 is 0 Å². The average Bonchev–Trinajstić information content (AvgIpc) is 3.17. The van der Waals surface area contributed by atoms with Gasteiger partial charge < -0.3 is 19.4 Å². The van der Waals surface area contributed by atoms with Crippen LogP contribution in [0.15, 0.2) is 18.2 Å². The van der Waals surface area contributed by atoms with Crippen LogP contribution in [0.5, 0.6) is 11.5 Å². The molecule has 1 N–H and O–H groups in total. The van der Waals surface area contributed by atoms with E-state index in [0.717, 1.165) is 53.8 Å². The number of ether oxygens (including phenoxy) is 2. The zero-order valence-electron chi connectivity index (χ0n) is 12.7. The molecule has 23 heavy (non-hydrogen) atoms. The molecule has 6 nitrogen and oxygen atoms in total. The van der Waals surface area contributed by atoms with Crippen molar-refractivity contribution in [2.75, 3.05) is 12.1 Å². The number of rotatable bonds is 1. The van der Waals surface area contributed by atoms with Crippen molar-refractivity contribution in [2.45, 2.75) is 38.1 Å². The van der Waals surface area contributed by atoms with E-state index in [1.807, 2.05) is 18.2 Å². The monoisotopic (exact) mass is 311 g/mol. The first-order valence-electron chi connectivity index (χ1n) is 8.08. The number of fused-ring (bicyclic) bond motifs is 4. The predicted molar refractivity (Wildman–Crippen MR) is 82.8 cm³/mol. The third-order valence-corrected chi connectivity index (χ3v) is 4.88. The molecule has 5 rings (SSSR count). The Hall–Kier alpha value is -2.50. The van der Waals surface area contributed by atoms with Gasteiger partial charge in [-0.1, -0.05) is 6.07 Å². The van der Waals surface area contributed by atoms with Gasteiger partial charge in [-0.05, 0) is 30.5 Å². The van der Waals surface area contributed by atoms with Gasteiger partial charge in [0, 0.05) is 25.3 Å². The topological polar surface area (TPSA) is 65.4 Å². The number of hydrogen-bond donors (Lipinski definition) is 1. The van der Waals surface area contributed by atoms with Crippen molar-refractivity contribution < 1.29 is 14.3 Å². The third kappa shape index (κ3) is 1.94. The van der Waals surface area contributed by atoms with Gasteiger partial charge in [-0.15, -0.1) is 0 Å². The van der Waals surface area contributed by atoms with Gasteiger partial charge in [-0.3, -0.25) is 4.79 Å². The number of aromatic nitrogens is 2. The van der Waals surface area contributed by atoms with E-state index >= 15 is 0 Å². The number of nitrogens with zero attached hydrogens (tertiary/aromatic N) is 2. The number of amides is 1. The summed E-state index contributed by atoms with van der Waals surface area (Å²) in [5.41, 5.74) is 2.04. The SMILES string of the molecule is O=C1CC(c2ccc3c(c2)OCO3)c2nc3n(c2N1)CCCC3. The molecule has 3 aliphatic heterocycles. The van der Waals surface area contributed by atoms with E-state index in [1.54, 1.807) is 0 Å². The van der Waals surface area contributed by atoms with Crippen LogP contribution in [0, 0.1) is 0 Å². The summed E-state index contributed by atoms with van der Waals surface area (Å²) in [4.78, 5) is 17.1. The standard InChI is InChI=1S/C17H17N3O3/c21-15-8-11(10-4-5-12-13(7-10)23-9-22-12)16-17(19-15)20-6-2-1-3-14(20)18-16/h4-5,7,11H,1-3,6,8-9H2,(H,19,21). The zero-order chi connectivity index (χ0) is 15.4. The van der Waals surface area contributed by atoms with Gasteiger partial charge in [0.1, 0.15) is 11.6 Å². The van der Waals surface area contributed by atoms with Gasteiger partial charge >= 0.3 is 0 Å². The molecule has 1 aromatic heterocycles. The van der Waals surface area contributed by atoms with E-state index in [9.17, 15) is 4.79 Å². The van der Waals surface area contributed by atoms with Crippen LogP contribution in [0.1, 0.15) is 42.3 Å². The lowest BCUT2D eigenvalue weighted by Gasteiger charge is -2.24. The number of imidazole rings is 1. The maximum absolute atomic E-state index is 12.2. The Morgan fingerprint density at radius 2 is 2.13 bits per heavy atom. The number of anilines is 1. The van der Waals surface area contributed by atoms with Crippen LogP contribution in [0.25, 0.3) is 0 Å². The average molecular weight is 311 g/mol. The number of benzene rings is 1. The molecule has 0 aliphatic carbocycles. The third-order valence-electron chi connectivity index (χ3n) is 4.88. The highest BCUT2D eigenvalue weighted by Crippen LogP contribution is 2.42. The lowest BCUT2D eigenvalue weighted by molar-refractivity contribution is -0.116. The van der Waals surface area contributed by atoms with E-state index in [4.69, 9.17) is 14.5 Å². The van der Waals surface area contributed by atoms with Crippen molar-refractivity contribution in [3.63, 3.8) is 0 Å². The van der Waals surface area contributed by atoms with Crippen LogP contribution in [0.4, 0.5) is 5.82 Å². The molecule has 118 valence electrons. The summed E-state index contributed by atoms with van der Waals surface area (Å²) in [5, 5.41) is 3.03.